The van der Waals surface area contributed by atoms with Crippen molar-refractivity contribution in [2.24, 2.45) is 0 Å². The Bertz CT molecular complexity index is 412. The zero-order valence-electron chi connectivity index (χ0n) is 14.5. The number of hydrogen-bond donors (Lipinski definition) is 1. The molecule has 23 heavy (non-hydrogen) atoms. The highest BCUT2D eigenvalue weighted by molar-refractivity contribution is 5.66. The summed E-state index contributed by atoms with van der Waals surface area (Å²) in [6.07, 6.45) is 29.9. The van der Waals surface area contributed by atoms with Gasteiger partial charge >= 0.3 is 5.97 Å². The van der Waals surface area contributed by atoms with Crippen LogP contribution in [0.4, 0.5) is 0 Å². The van der Waals surface area contributed by atoms with Crippen LogP contribution < -0.4 is 0 Å². The first-order chi connectivity index (χ1) is 11.3. The summed E-state index contributed by atoms with van der Waals surface area (Å²) in [4.78, 5) is 10.3. The lowest BCUT2D eigenvalue weighted by atomic mass is 10.2. The summed E-state index contributed by atoms with van der Waals surface area (Å²) in [5, 5.41) is 8.51. The molecule has 0 radical (unpaired) electrons. The number of hydrogen-bond acceptors (Lipinski definition) is 1. The molecule has 0 fully saturated rings. The van der Waals surface area contributed by atoms with Gasteiger partial charge in [-0.15, -0.1) is 0 Å². The minimum absolute atomic E-state index is 0.282. The van der Waals surface area contributed by atoms with E-state index >= 15 is 0 Å². The lowest BCUT2D eigenvalue weighted by Crippen LogP contribution is -1.92. The van der Waals surface area contributed by atoms with Crippen LogP contribution in [-0.4, -0.2) is 11.1 Å². The van der Waals surface area contributed by atoms with E-state index in [1.807, 2.05) is 0 Å². The van der Waals surface area contributed by atoms with Crippen molar-refractivity contribution in [3.63, 3.8) is 0 Å². The van der Waals surface area contributed by atoms with Gasteiger partial charge in [-0.3, -0.25) is 4.79 Å². The maximum Gasteiger partial charge on any atom is 0.303 e. The summed E-state index contributed by atoms with van der Waals surface area (Å²) in [6.45, 7) is 2.15. The Morgan fingerprint density at radius 1 is 0.696 bits per heavy atom. The van der Waals surface area contributed by atoms with Crippen LogP contribution in [0.2, 0.25) is 0 Å². The van der Waals surface area contributed by atoms with E-state index in [0.717, 1.165) is 51.4 Å². The van der Waals surface area contributed by atoms with E-state index in [1.54, 1.807) is 0 Å². The van der Waals surface area contributed by atoms with Crippen LogP contribution in [0, 0.1) is 0 Å². The van der Waals surface area contributed by atoms with Crippen molar-refractivity contribution in [1.82, 2.24) is 0 Å². The molecule has 2 nitrogen and oxygen atoms in total. The van der Waals surface area contributed by atoms with Crippen LogP contribution in [0.15, 0.2) is 60.8 Å². The van der Waals surface area contributed by atoms with E-state index in [2.05, 4.69) is 67.7 Å². The molecule has 0 saturated carbocycles. The smallest absolute Gasteiger partial charge is 0.303 e. The maximum atomic E-state index is 10.3. The first-order valence-electron chi connectivity index (χ1n) is 8.74. The standard InChI is InChI=1S/C21H32O2/c1-2-3-4-5-6-7-8-9-10-11-12-13-14-15-16-17-18-19-20-21(22)23/h3-4,6-7,9-10,12-13,15-16H,2,5,8,11,14,17-20H2,1H3,(H,22,23)/b4-3?,7-6?,10-9?,13-12?,16-15-. The molecule has 0 saturated heterocycles. The van der Waals surface area contributed by atoms with Crippen LogP contribution in [0.1, 0.15) is 64.7 Å². The Balaban J connectivity index is 3.44. The van der Waals surface area contributed by atoms with Gasteiger partial charge in [0.05, 0.1) is 0 Å². The van der Waals surface area contributed by atoms with Crippen LogP contribution in [-0.2, 0) is 4.79 Å². The lowest BCUT2D eigenvalue weighted by Gasteiger charge is -1.92. The number of rotatable bonds is 14. The normalized spacial score (nSPS) is 12.7. The molecule has 0 aromatic rings. The predicted octanol–water partition coefficient (Wildman–Crippen LogP) is 6.38. The third kappa shape index (κ3) is 20.2. The molecule has 0 spiro atoms. The van der Waals surface area contributed by atoms with E-state index in [1.165, 1.54) is 0 Å². The van der Waals surface area contributed by atoms with Crippen LogP contribution >= 0.6 is 0 Å². The summed E-state index contributed by atoms with van der Waals surface area (Å²) in [5.74, 6) is -0.700. The molecule has 0 aliphatic heterocycles. The average Bonchev–Trinajstić information content (AvgIpc) is 2.53. The summed E-state index contributed by atoms with van der Waals surface area (Å²) in [7, 11) is 0. The van der Waals surface area contributed by atoms with E-state index < -0.39 is 5.97 Å². The maximum absolute atomic E-state index is 10.3. The zero-order valence-corrected chi connectivity index (χ0v) is 14.5. The Morgan fingerprint density at radius 2 is 1.13 bits per heavy atom. The molecule has 1 N–H and O–H groups in total. The number of unbranched alkanes of at least 4 members (excludes halogenated alkanes) is 2. The van der Waals surface area contributed by atoms with Gasteiger partial charge in [0.25, 0.3) is 0 Å². The van der Waals surface area contributed by atoms with Gasteiger partial charge in [-0.1, -0.05) is 67.7 Å². The molecule has 128 valence electrons. The van der Waals surface area contributed by atoms with Gasteiger partial charge in [0, 0.05) is 6.42 Å². The summed E-state index contributed by atoms with van der Waals surface area (Å²) in [5.41, 5.74) is 0. The molecule has 0 aromatic heterocycles. The van der Waals surface area contributed by atoms with Crippen molar-refractivity contribution in [3.05, 3.63) is 60.8 Å². The minimum atomic E-state index is -0.700. The van der Waals surface area contributed by atoms with E-state index in [-0.39, 0.29) is 6.42 Å². The van der Waals surface area contributed by atoms with Crippen molar-refractivity contribution in [1.29, 1.82) is 0 Å². The van der Waals surface area contributed by atoms with Gasteiger partial charge in [0.2, 0.25) is 0 Å². The molecule has 2 heteroatoms. The Labute approximate surface area is 142 Å². The molecule has 0 heterocycles. The minimum Gasteiger partial charge on any atom is -0.481 e. The molecule has 0 unspecified atom stereocenters. The zero-order chi connectivity index (χ0) is 17.0. The molecular weight excluding hydrogens is 284 g/mol. The first-order valence-corrected chi connectivity index (χ1v) is 8.74. The fourth-order valence-corrected chi connectivity index (χ4v) is 1.91. The second-order valence-electron chi connectivity index (χ2n) is 5.35. The summed E-state index contributed by atoms with van der Waals surface area (Å²) in [6, 6.07) is 0. The van der Waals surface area contributed by atoms with E-state index in [9.17, 15) is 4.79 Å². The predicted molar refractivity (Wildman–Crippen MR) is 101 cm³/mol. The number of carboxylic acids is 1. The van der Waals surface area contributed by atoms with Crippen LogP contribution in [0.3, 0.4) is 0 Å². The van der Waals surface area contributed by atoms with Crippen molar-refractivity contribution < 1.29 is 9.90 Å². The Kier molecular flexibility index (Phi) is 16.8. The van der Waals surface area contributed by atoms with Gasteiger partial charge in [-0.2, -0.15) is 0 Å². The van der Waals surface area contributed by atoms with Gasteiger partial charge in [-0.05, 0) is 51.4 Å². The van der Waals surface area contributed by atoms with Gasteiger partial charge in [0.15, 0.2) is 0 Å². The second kappa shape index (κ2) is 18.2. The molecule has 0 aromatic carbocycles. The molecule has 0 rings (SSSR count). The third-order valence-corrected chi connectivity index (χ3v) is 3.17. The number of aliphatic carboxylic acids is 1. The molecule has 0 amide bonds. The Hall–Kier alpha value is -1.83. The SMILES string of the molecule is CCC=CCC=CCC=CCC=CC/C=C\CCCCC(=O)O. The first kappa shape index (κ1) is 21.2. The third-order valence-electron chi connectivity index (χ3n) is 3.17. The van der Waals surface area contributed by atoms with Crippen molar-refractivity contribution in [2.45, 2.75) is 64.7 Å². The van der Waals surface area contributed by atoms with E-state index in [4.69, 9.17) is 5.11 Å². The molecule has 0 bridgehead atoms. The van der Waals surface area contributed by atoms with Crippen molar-refractivity contribution in [2.75, 3.05) is 0 Å². The second-order valence-corrected chi connectivity index (χ2v) is 5.35. The highest BCUT2D eigenvalue weighted by Crippen LogP contribution is 2.01. The largest absolute Gasteiger partial charge is 0.481 e. The fraction of sp³-hybridized carbons (Fsp3) is 0.476. The summed E-state index contributed by atoms with van der Waals surface area (Å²) < 4.78 is 0. The topological polar surface area (TPSA) is 37.3 Å². The number of carboxylic acid groups (broad SMARTS) is 1. The summed E-state index contributed by atoms with van der Waals surface area (Å²) >= 11 is 0. The van der Waals surface area contributed by atoms with E-state index in [0.29, 0.717) is 0 Å². The lowest BCUT2D eigenvalue weighted by molar-refractivity contribution is -0.137. The van der Waals surface area contributed by atoms with Crippen molar-refractivity contribution in [3.8, 4) is 0 Å². The van der Waals surface area contributed by atoms with Crippen LogP contribution in [0.5, 0.6) is 0 Å². The van der Waals surface area contributed by atoms with Crippen LogP contribution in [0.25, 0.3) is 0 Å². The Morgan fingerprint density at radius 3 is 1.57 bits per heavy atom. The number of carbonyl (C=O) groups is 1. The highest BCUT2D eigenvalue weighted by atomic mass is 16.4. The molecule has 0 aliphatic rings. The van der Waals surface area contributed by atoms with Gasteiger partial charge in [0.1, 0.15) is 0 Å². The highest BCUT2D eigenvalue weighted by Gasteiger charge is 1.93. The average molecular weight is 316 g/mol. The molecule has 0 atom stereocenters. The monoisotopic (exact) mass is 316 g/mol. The van der Waals surface area contributed by atoms with Gasteiger partial charge in [-0.25, -0.2) is 0 Å². The van der Waals surface area contributed by atoms with Crippen molar-refractivity contribution >= 4 is 5.97 Å². The molecular formula is C21H32O2. The number of allylic oxidation sites excluding steroid dienone is 10. The molecule has 0 aliphatic carbocycles. The van der Waals surface area contributed by atoms with Gasteiger partial charge < -0.3 is 5.11 Å². The quantitative estimate of drug-likeness (QED) is 0.298. The fourth-order valence-electron chi connectivity index (χ4n) is 1.91.